The molecule has 4 N–H and O–H groups in total. The minimum atomic E-state index is -2.82. The molecule has 1 saturated heterocycles. The van der Waals surface area contributed by atoms with Gasteiger partial charge in [-0.05, 0) is 36.4 Å². The zero-order valence-corrected chi connectivity index (χ0v) is 19.1. The highest BCUT2D eigenvalue weighted by molar-refractivity contribution is 5.66. The Bertz CT molecular complexity index is 1400. The Hall–Kier alpha value is -4.26. The van der Waals surface area contributed by atoms with E-state index in [0.717, 1.165) is 0 Å². The van der Waals surface area contributed by atoms with Crippen molar-refractivity contribution in [3.05, 3.63) is 54.6 Å². The van der Waals surface area contributed by atoms with Crippen LogP contribution in [0.2, 0.25) is 0 Å². The van der Waals surface area contributed by atoms with Crippen molar-refractivity contribution in [3.8, 4) is 22.6 Å². The number of nitrogens with two attached hydrogens (primary N) is 1. The second-order valence-corrected chi connectivity index (χ2v) is 8.48. The van der Waals surface area contributed by atoms with Crippen molar-refractivity contribution < 1.29 is 18.3 Å². The topological polar surface area (TPSA) is 131 Å². The first-order valence-corrected chi connectivity index (χ1v) is 11.0. The molecule has 0 bridgehead atoms. The molecule has 5 rings (SSSR count). The summed E-state index contributed by atoms with van der Waals surface area (Å²) in [4.78, 5) is 18.3. The first-order valence-electron chi connectivity index (χ1n) is 11.0. The third-order valence-corrected chi connectivity index (χ3v) is 5.95. The van der Waals surface area contributed by atoms with Gasteiger partial charge in [-0.3, -0.25) is 0 Å². The van der Waals surface area contributed by atoms with Crippen LogP contribution in [0.5, 0.6) is 0 Å². The second kappa shape index (κ2) is 9.07. The van der Waals surface area contributed by atoms with Gasteiger partial charge in [-0.15, -0.1) is 5.10 Å². The van der Waals surface area contributed by atoms with E-state index in [2.05, 4.69) is 30.4 Å². The smallest absolute Gasteiger partial charge is 0.268 e. The molecule has 36 heavy (non-hydrogen) atoms. The van der Waals surface area contributed by atoms with E-state index in [1.807, 2.05) is 0 Å². The number of aliphatic hydroxyl groups is 1. The van der Waals surface area contributed by atoms with Crippen molar-refractivity contribution in [2.45, 2.75) is 18.4 Å². The van der Waals surface area contributed by atoms with E-state index in [-0.39, 0.29) is 31.0 Å². The Labute approximate surface area is 203 Å². The largest absolute Gasteiger partial charge is 0.382 e. The molecule has 10 nitrogen and oxygen atoms in total. The van der Waals surface area contributed by atoms with Crippen molar-refractivity contribution in [3.63, 3.8) is 0 Å². The number of benzene rings is 1. The van der Waals surface area contributed by atoms with E-state index in [1.54, 1.807) is 42.3 Å². The van der Waals surface area contributed by atoms with Gasteiger partial charge < -0.3 is 21.1 Å². The normalized spacial score (nSPS) is 17.7. The second-order valence-electron chi connectivity index (χ2n) is 8.48. The molecule has 1 atom stereocenters. The summed E-state index contributed by atoms with van der Waals surface area (Å²) in [6.45, 7) is 0.0932. The minimum Gasteiger partial charge on any atom is -0.382 e. The Balaban J connectivity index is 1.31. The highest BCUT2D eigenvalue weighted by Gasteiger charge is 2.44. The number of alkyl halides is 2. The number of nitrogens with one attached hydrogen (secondary N) is 1. The molecule has 1 aliphatic heterocycles. The van der Waals surface area contributed by atoms with Crippen LogP contribution in [0.15, 0.2) is 48.8 Å². The number of rotatable bonds is 6. The van der Waals surface area contributed by atoms with E-state index >= 15 is 0 Å². The number of aryl methyl sites for hydroxylation is 1. The molecule has 0 amide bonds. The van der Waals surface area contributed by atoms with Crippen LogP contribution in [0.25, 0.3) is 22.6 Å². The van der Waals surface area contributed by atoms with E-state index in [0.29, 0.717) is 34.5 Å². The monoisotopic (exact) mass is 497 g/mol. The third-order valence-electron chi connectivity index (χ3n) is 5.95. The number of anilines is 4. The van der Waals surface area contributed by atoms with E-state index in [9.17, 15) is 18.3 Å². The maximum atomic E-state index is 14.7. The molecule has 1 fully saturated rings. The van der Waals surface area contributed by atoms with Gasteiger partial charge in [0, 0.05) is 49.2 Å². The Morgan fingerprint density at radius 2 is 1.97 bits per heavy atom. The SMILES string of the molecule is Cn1nc(-c2ccc(N3CC[C@@](O)(C(F)F)C3)nc2)nc1Nc1ccc(-c2ccnc(N)n2)c(F)c1. The quantitative estimate of drug-likeness (QED) is 0.368. The summed E-state index contributed by atoms with van der Waals surface area (Å²) in [5.74, 6) is 0.775. The zero-order chi connectivity index (χ0) is 25.4. The summed E-state index contributed by atoms with van der Waals surface area (Å²) in [5.41, 5.74) is 5.27. The molecule has 0 unspecified atom stereocenters. The first-order chi connectivity index (χ1) is 17.2. The van der Waals surface area contributed by atoms with Crippen molar-refractivity contribution in [2.24, 2.45) is 7.05 Å². The molecule has 4 heterocycles. The van der Waals surface area contributed by atoms with E-state index < -0.39 is 17.8 Å². The zero-order valence-electron chi connectivity index (χ0n) is 19.1. The van der Waals surface area contributed by atoms with Crippen LogP contribution in [0.1, 0.15) is 6.42 Å². The molecule has 4 aromatic rings. The number of nitrogen functional groups attached to an aromatic ring is 1. The van der Waals surface area contributed by atoms with E-state index in [4.69, 9.17) is 5.73 Å². The van der Waals surface area contributed by atoms with Gasteiger partial charge in [0.1, 0.15) is 17.2 Å². The molecule has 1 aliphatic rings. The molecule has 0 spiro atoms. The number of hydrogen-bond donors (Lipinski definition) is 3. The summed E-state index contributed by atoms with van der Waals surface area (Å²) in [7, 11) is 1.68. The maximum Gasteiger partial charge on any atom is 0.268 e. The van der Waals surface area contributed by atoms with Crippen LogP contribution in [0.4, 0.5) is 36.6 Å². The highest BCUT2D eigenvalue weighted by atomic mass is 19.3. The predicted molar refractivity (Wildman–Crippen MR) is 127 cm³/mol. The molecule has 13 heteroatoms. The number of halogens is 3. The molecule has 0 radical (unpaired) electrons. The van der Waals surface area contributed by atoms with Gasteiger partial charge in [-0.25, -0.2) is 32.8 Å². The molecular formula is C23H22F3N9O. The lowest BCUT2D eigenvalue weighted by Gasteiger charge is -2.22. The summed E-state index contributed by atoms with van der Waals surface area (Å²) in [5, 5.41) is 17.4. The van der Waals surface area contributed by atoms with Crippen LogP contribution in [-0.4, -0.2) is 59.9 Å². The third kappa shape index (κ3) is 4.52. The van der Waals surface area contributed by atoms with Gasteiger partial charge in [0.05, 0.1) is 12.2 Å². The van der Waals surface area contributed by atoms with Gasteiger partial charge in [0.15, 0.2) is 5.82 Å². The Morgan fingerprint density at radius 1 is 1.14 bits per heavy atom. The molecule has 186 valence electrons. The highest BCUT2D eigenvalue weighted by Crippen LogP contribution is 2.31. The summed E-state index contributed by atoms with van der Waals surface area (Å²) in [6, 6.07) is 9.53. The number of β-amino-alcohol motifs (C(OH)–C–C–N with tert-alkyl or cyclic N) is 1. The molecule has 3 aromatic heterocycles. The van der Waals surface area contributed by atoms with Crippen molar-refractivity contribution in [1.29, 1.82) is 0 Å². The number of pyridine rings is 1. The van der Waals surface area contributed by atoms with Crippen LogP contribution >= 0.6 is 0 Å². The summed E-state index contributed by atoms with van der Waals surface area (Å²) >= 11 is 0. The minimum absolute atomic E-state index is 0.0282. The van der Waals surface area contributed by atoms with Crippen LogP contribution < -0.4 is 16.0 Å². The fourth-order valence-electron chi connectivity index (χ4n) is 3.97. The summed E-state index contributed by atoms with van der Waals surface area (Å²) < 4.78 is 42.4. The van der Waals surface area contributed by atoms with Crippen LogP contribution in [-0.2, 0) is 7.05 Å². The Morgan fingerprint density at radius 3 is 2.64 bits per heavy atom. The van der Waals surface area contributed by atoms with E-state index in [1.165, 1.54) is 23.1 Å². The lowest BCUT2D eigenvalue weighted by Crippen LogP contribution is -2.40. The van der Waals surface area contributed by atoms with Gasteiger partial charge in [-0.2, -0.15) is 4.98 Å². The number of aromatic nitrogens is 6. The summed E-state index contributed by atoms with van der Waals surface area (Å²) in [6.07, 6.45) is 0.150. The van der Waals surface area contributed by atoms with Crippen molar-refractivity contribution in [1.82, 2.24) is 29.7 Å². The Kier molecular flexibility index (Phi) is 5.92. The van der Waals surface area contributed by atoms with Gasteiger partial charge in [0.2, 0.25) is 11.9 Å². The van der Waals surface area contributed by atoms with Crippen LogP contribution in [0, 0.1) is 5.82 Å². The van der Waals surface area contributed by atoms with Gasteiger partial charge in [0.25, 0.3) is 6.43 Å². The lowest BCUT2D eigenvalue weighted by atomic mass is 10.1. The molecule has 1 aromatic carbocycles. The van der Waals surface area contributed by atoms with Gasteiger partial charge in [-0.1, -0.05) is 0 Å². The first kappa shape index (κ1) is 23.5. The molecule has 0 aliphatic carbocycles. The molecular weight excluding hydrogens is 475 g/mol. The fraction of sp³-hybridized carbons (Fsp3) is 0.261. The van der Waals surface area contributed by atoms with Crippen LogP contribution in [0.3, 0.4) is 0 Å². The van der Waals surface area contributed by atoms with Gasteiger partial charge >= 0.3 is 0 Å². The average Bonchev–Trinajstić information content (AvgIpc) is 3.43. The maximum absolute atomic E-state index is 14.7. The fourth-order valence-corrected chi connectivity index (χ4v) is 3.97. The average molecular weight is 497 g/mol. The number of nitrogens with zero attached hydrogens (tertiary/aromatic N) is 7. The predicted octanol–water partition coefficient (Wildman–Crippen LogP) is 3.01. The number of hydrogen-bond acceptors (Lipinski definition) is 9. The molecule has 0 saturated carbocycles. The standard InChI is InChI=1S/C23H22F3N9O/c1-34-22(30-14-3-4-15(16(24)10-14)17-6-8-28-21(27)31-17)32-19(33-34)13-2-5-18(29-11-13)35-9-7-23(36,12-35)20(25)26/h2-6,8,10-11,20,36H,7,9,12H2,1H3,(H2,27,28,31)(H,30,32,33)/t23-/m0/s1. The lowest BCUT2D eigenvalue weighted by molar-refractivity contribution is -0.0800. The van der Waals surface area contributed by atoms with Crippen molar-refractivity contribution >= 4 is 23.4 Å². The van der Waals surface area contributed by atoms with Crippen molar-refractivity contribution in [2.75, 3.05) is 29.0 Å².